The largest absolute Gasteiger partial charge is 0.444 e. The number of fused-ring (bicyclic) bond motifs is 1. The summed E-state index contributed by atoms with van der Waals surface area (Å²) >= 11 is 0. The molecule has 2 atom stereocenters. The van der Waals surface area contributed by atoms with E-state index in [4.69, 9.17) is 25.7 Å². The van der Waals surface area contributed by atoms with Gasteiger partial charge in [-0.1, -0.05) is 31.2 Å². The zero-order valence-electron chi connectivity index (χ0n) is 24.6. The van der Waals surface area contributed by atoms with Crippen molar-refractivity contribution in [1.29, 1.82) is 5.53 Å². The number of unbranched alkanes of at least 4 members (excludes halogenated alkanes) is 1. The van der Waals surface area contributed by atoms with Gasteiger partial charge in [0.15, 0.2) is 5.82 Å². The number of ether oxygens (including phenoxy) is 2. The normalized spacial score (nSPS) is 18.3. The summed E-state index contributed by atoms with van der Waals surface area (Å²) < 4.78 is 12.9. The van der Waals surface area contributed by atoms with Crippen LogP contribution in [0.2, 0.25) is 0 Å². The van der Waals surface area contributed by atoms with Crippen molar-refractivity contribution in [2.75, 3.05) is 33.4 Å². The summed E-state index contributed by atoms with van der Waals surface area (Å²) in [5, 5.41) is 6.84. The lowest BCUT2D eigenvalue weighted by molar-refractivity contribution is 0.00537. The van der Waals surface area contributed by atoms with Crippen molar-refractivity contribution in [2.24, 2.45) is 27.9 Å². The van der Waals surface area contributed by atoms with E-state index in [1.54, 1.807) is 12.0 Å². The number of rotatable bonds is 11. The fourth-order valence-corrected chi connectivity index (χ4v) is 5.03. The number of hydrogen-bond donors (Lipinski definition) is 2. The highest BCUT2D eigenvalue weighted by Crippen LogP contribution is 2.27. The van der Waals surface area contributed by atoms with Crippen LogP contribution in [0.3, 0.4) is 0 Å². The number of carbonyl (C=O) groups excluding carboxylic acids is 2. The minimum absolute atomic E-state index is 0.149. The monoisotopic (exact) mass is 556 g/mol. The predicted molar refractivity (Wildman–Crippen MR) is 153 cm³/mol. The van der Waals surface area contributed by atoms with E-state index in [0.717, 1.165) is 23.9 Å². The molecule has 2 heterocycles. The summed E-state index contributed by atoms with van der Waals surface area (Å²) in [6, 6.07) is 7.37. The fraction of sp³-hybridized carbons (Fsp3) is 0.643. The number of nitrogens with one attached hydrogen (secondary N) is 1. The minimum Gasteiger partial charge on any atom is -0.444 e. The third-order valence-electron chi connectivity index (χ3n) is 6.75. The molecule has 220 valence electrons. The number of nitrogens with two attached hydrogens (primary N) is 1. The number of methoxy groups -OCH3 is 1. The van der Waals surface area contributed by atoms with Gasteiger partial charge >= 0.3 is 6.09 Å². The van der Waals surface area contributed by atoms with Crippen molar-refractivity contribution in [3.63, 3.8) is 0 Å². The molecule has 1 fully saturated rings. The van der Waals surface area contributed by atoms with Crippen molar-refractivity contribution in [2.45, 2.75) is 72.1 Å². The molecule has 1 saturated heterocycles. The molecule has 40 heavy (non-hydrogen) atoms. The molecule has 3 N–H and O–H groups in total. The molecule has 0 aliphatic carbocycles. The molecule has 1 aliphatic heterocycles. The van der Waals surface area contributed by atoms with Crippen molar-refractivity contribution in [1.82, 2.24) is 19.4 Å². The van der Waals surface area contributed by atoms with E-state index in [-0.39, 0.29) is 36.8 Å². The Morgan fingerprint density at radius 1 is 1.23 bits per heavy atom. The zero-order valence-corrected chi connectivity index (χ0v) is 24.6. The van der Waals surface area contributed by atoms with Crippen LogP contribution in [-0.2, 0) is 16.0 Å². The number of amidine groups is 1. The molecule has 0 bridgehead atoms. The summed E-state index contributed by atoms with van der Waals surface area (Å²) in [6.07, 6.45) is 1.68. The van der Waals surface area contributed by atoms with Gasteiger partial charge in [-0.3, -0.25) is 4.79 Å². The van der Waals surface area contributed by atoms with Crippen molar-refractivity contribution < 1.29 is 19.1 Å². The maximum absolute atomic E-state index is 14.3. The zero-order chi connectivity index (χ0) is 29.4. The standard InChI is InChI=1S/C28H44N8O4/c1-19(2)16-36(21-15-20(24(29)32-33-30)17-34(18-21)27(38)40-28(3,4)5)26(37)25-31-22-11-7-8-12-23(22)35(25)13-9-10-14-39-6/h7-8,11-12,19-21H,9-10,13-18H2,1-6H3,(H3,29,30,32)/t20-,21+/m1/s1. The molecule has 2 aromatic rings. The summed E-state index contributed by atoms with van der Waals surface area (Å²) in [5.41, 5.74) is 14.3. The summed E-state index contributed by atoms with van der Waals surface area (Å²) in [7, 11) is 1.68. The van der Waals surface area contributed by atoms with Crippen LogP contribution in [0.25, 0.3) is 11.0 Å². The maximum atomic E-state index is 14.3. The number of likely N-dealkylation sites (tertiary alicyclic amines) is 1. The Morgan fingerprint density at radius 2 is 1.95 bits per heavy atom. The van der Waals surface area contributed by atoms with E-state index < -0.39 is 17.6 Å². The van der Waals surface area contributed by atoms with E-state index in [0.29, 0.717) is 31.9 Å². The smallest absolute Gasteiger partial charge is 0.410 e. The lowest BCUT2D eigenvalue weighted by Gasteiger charge is -2.43. The first-order chi connectivity index (χ1) is 18.9. The van der Waals surface area contributed by atoms with Gasteiger partial charge in [-0.2, -0.15) is 5.53 Å². The first-order valence-corrected chi connectivity index (χ1v) is 13.9. The molecule has 0 radical (unpaired) electrons. The third kappa shape index (κ3) is 8.00. The van der Waals surface area contributed by atoms with Gasteiger partial charge in [-0.15, -0.1) is 5.10 Å². The number of imidazole rings is 1. The number of piperidine rings is 1. The first kappa shape index (κ1) is 31.0. The third-order valence-corrected chi connectivity index (χ3v) is 6.75. The summed E-state index contributed by atoms with van der Waals surface area (Å²) in [4.78, 5) is 35.6. The molecule has 3 rings (SSSR count). The highest BCUT2D eigenvalue weighted by Gasteiger charge is 2.39. The fourth-order valence-electron chi connectivity index (χ4n) is 5.03. The van der Waals surface area contributed by atoms with E-state index >= 15 is 0 Å². The molecular formula is C28H44N8O4. The molecule has 12 heteroatoms. The van der Waals surface area contributed by atoms with Gasteiger partial charge in [-0.05, 0) is 58.1 Å². The van der Waals surface area contributed by atoms with Crippen LogP contribution < -0.4 is 5.73 Å². The lowest BCUT2D eigenvalue weighted by atomic mass is 9.91. The predicted octanol–water partition coefficient (Wildman–Crippen LogP) is 4.49. The van der Waals surface area contributed by atoms with Crippen LogP contribution in [-0.4, -0.2) is 82.2 Å². The highest BCUT2D eigenvalue weighted by atomic mass is 16.6. The average molecular weight is 557 g/mol. The second-order valence-electron chi connectivity index (χ2n) is 11.7. The molecule has 0 saturated carbocycles. The first-order valence-electron chi connectivity index (χ1n) is 13.9. The Kier molecular flexibility index (Phi) is 10.6. The van der Waals surface area contributed by atoms with Crippen LogP contribution in [0.1, 0.15) is 64.5 Å². The van der Waals surface area contributed by atoms with Crippen molar-refractivity contribution >= 4 is 28.9 Å². The molecule has 0 unspecified atom stereocenters. The number of nitrogens with zero attached hydrogens (tertiary/aromatic N) is 6. The van der Waals surface area contributed by atoms with E-state index in [2.05, 4.69) is 24.2 Å². The van der Waals surface area contributed by atoms with Gasteiger partial charge in [-0.25, -0.2) is 9.78 Å². The molecule has 2 amide bonds. The molecule has 1 aromatic heterocycles. The molecule has 12 nitrogen and oxygen atoms in total. The number of amides is 2. The Morgan fingerprint density at radius 3 is 2.60 bits per heavy atom. The van der Waals surface area contributed by atoms with Gasteiger partial charge in [0.25, 0.3) is 5.91 Å². The number of para-hydroxylation sites is 2. The van der Waals surface area contributed by atoms with Gasteiger partial charge in [0.1, 0.15) is 11.4 Å². The lowest BCUT2D eigenvalue weighted by Crippen LogP contribution is -2.57. The van der Waals surface area contributed by atoms with Crippen LogP contribution in [0, 0.1) is 17.4 Å². The number of aromatic nitrogens is 2. The SMILES string of the molecule is COCCCCn1c(C(=O)N(CC(C)C)[C@H]2C[C@@H](/C(N)=N/N=N)CN(C(=O)OC(C)(C)C)C2)nc2ccccc21. The Bertz CT molecular complexity index is 1200. The quantitative estimate of drug-likeness (QED) is 0.137. The highest BCUT2D eigenvalue weighted by molar-refractivity contribution is 5.95. The van der Waals surface area contributed by atoms with E-state index in [1.165, 1.54) is 0 Å². The Labute approximate surface area is 236 Å². The van der Waals surface area contributed by atoms with Crippen LogP contribution in [0.5, 0.6) is 0 Å². The van der Waals surface area contributed by atoms with Crippen LogP contribution >= 0.6 is 0 Å². The minimum atomic E-state index is -0.684. The second kappa shape index (κ2) is 13.7. The topological polar surface area (TPSA) is 151 Å². The van der Waals surface area contributed by atoms with E-state index in [1.807, 2.05) is 54.5 Å². The summed E-state index contributed by atoms with van der Waals surface area (Å²) in [5.74, 6) is 0.0829. The number of hydrogen-bond acceptors (Lipinski definition) is 7. The maximum Gasteiger partial charge on any atom is 0.410 e. The van der Waals surface area contributed by atoms with Crippen molar-refractivity contribution in [3.05, 3.63) is 30.1 Å². The summed E-state index contributed by atoms with van der Waals surface area (Å²) in [6.45, 7) is 11.8. The van der Waals surface area contributed by atoms with Gasteiger partial charge in [0, 0.05) is 45.8 Å². The molecule has 0 spiro atoms. The number of benzene rings is 1. The van der Waals surface area contributed by atoms with Gasteiger partial charge < -0.3 is 29.6 Å². The number of aryl methyl sites for hydroxylation is 1. The Balaban J connectivity index is 2.00. The molecule has 1 aliphatic rings. The average Bonchev–Trinajstić information content (AvgIpc) is 3.26. The second-order valence-corrected chi connectivity index (χ2v) is 11.7. The molecular weight excluding hydrogens is 512 g/mol. The van der Waals surface area contributed by atoms with E-state index in [9.17, 15) is 9.59 Å². The number of carbonyl (C=O) groups is 2. The van der Waals surface area contributed by atoms with Crippen molar-refractivity contribution in [3.8, 4) is 0 Å². The molecule has 1 aromatic carbocycles. The van der Waals surface area contributed by atoms with Gasteiger partial charge in [0.05, 0.1) is 17.1 Å². The Hall–Kier alpha value is -3.54. The van der Waals surface area contributed by atoms with Crippen LogP contribution in [0.4, 0.5) is 4.79 Å². The van der Waals surface area contributed by atoms with Crippen LogP contribution in [0.15, 0.2) is 34.6 Å². The van der Waals surface area contributed by atoms with Gasteiger partial charge in [0.2, 0.25) is 0 Å².